The van der Waals surface area contributed by atoms with E-state index in [9.17, 15) is 4.79 Å². The molecular weight excluding hydrogens is 278 g/mol. The van der Waals surface area contributed by atoms with Gasteiger partial charge in [-0.1, -0.05) is 30.3 Å². The molecule has 1 N–H and O–H groups in total. The van der Waals surface area contributed by atoms with E-state index in [0.29, 0.717) is 18.9 Å². The van der Waals surface area contributed by atoms with E-state index in [0.717, 1.165) is 22.2 Å². The fourth-order valence-corrected chi connectivity index (χ4v) is 2.26. The molecule has 3 rings (SSSR count). The van der Waals surface area contributed by atoms with Crippen molar-refractivity contribution in [3.05, 3.63) is 65.9 Å². The van der Waals surface area contributed by atoms with E-state index in [4.69, 9.17) is 9.47 Å². The van der Waals surface area contributed by atoms with E-state index >= 15 is 0 Å². The van der Waals surface area contributed by atoms with Gasteiger partial charge >= 0.3 is 5.97 Å². The summed E-state index contributed by atoms with van der Waals surface area (Å²) in [6.07, 6.45) is 0. The van der Waals surface area contributed by atoms with Crippen molar-refractivity contribution < 1.29 is 14.3 Å². The highest BCUT2D eigenvalue weighted by Gasteiger charge is 2.10. The van der Waals surface area contributed by atoms with Crippen LogP contribution in [0.3, 0.4) is 0 Å². The lowest BCUT2D eigenvalue weighted by atomic mass is 10.2. The van der Waals surface area contributed by atoms with Gasteiger partial charge in [0.2, 0.25) is 0 Å². The van der Waals surface area contributed by atoms with Gasteiger partial charge in [-0.25, -0.2) is 4.79 Å². The number of benzene rings is 2. The number of rotatable bonds is 5. The van der Waals surface area contributed by atoms with Gasteiger partial charge in [0.15, 0.2) is 0 Å². The fraction of sp³-hybridized carbons (Fsp3) is 0.167. The third-order valence-electron chi connectivity index (χ3n) is 3.34. The van der Waals surface area contributed by atoms with E-state index in [1.165, 1.54) is 0 Å². The fourth-order valence-electron chi connectivity index (χ4n) is 2.26. The molecule has 0 saturated heterocycles. The van der Waals surface area contributed by atoms with Gasteiger partial charge in [0, 0.05) is 17.0 Å². The maximum atomic E-state index is 11.7. The highest BCUT2D eigenvalue weighted by molar-refractivity contribution is 5.95. The quantitative estimate of drug-likeness (QED) is 0.726. The minimum Gasteiger partial charge on any atom is -0.489 e. The Hall–Kier alpha value is -2.75. The van der Waals surface area contributed by atoms with Crippen LogP contribution in [-0.2, 0) is 11.3 Å². The summed E-state index contributed by atoms with van der Waals surface area (Å²) >= 11 is 0. The SMILES string of the molecule is CCOC(=O)c1cc2ccc(OCc3ccccc3)cc2[nH]1. The van der Waals surface area contributed by atoms with Gasteiger partial charge in [0.1, 0.15) is 18.1 Å². The number of fused-ring (bicyclic) bond motifs is 1. The van der Waals surface area contributed by atoms with Crippen LogP contribution in [0, 0.1) is 0 Å². The average molecular weight is 295 g/mol. The molecule has 4 nitrogen and oxygen atoms in total. The van der Waals surface area contributed by atoms with Gasteiger partial charge in [-0.15, -0.1) is 0 Å². The van der Waals surface area contributed by atoms with Gasteiger partial charge in [-0.05, 0) is 30.7 Å². The molecule has 0 atom stereocenters. The highest BCUT2D eigenvalue weighted by atomic mass is 16.5. The Morgan fingerprint density at radius 3 is 2.68 bits per heavy atom. The molecule has 0 aliphatic rings. The molecule has 4 heteroatoms. The summed E-state index contributed by atoms with van der Waals surface area (Å²) in [5.41, 5.74) is 2.42. The minimum absolute atomic E-state index is 0.342. The summed E-state index contributed by atoms with van der Waals surface area (Å²) < 4.78 is 10.8. The van der Waals surface area contributed by atoms with Crippen LogP contribution in [0.15, 0.2) is 54.6 Å². The van der Waals surface area contributed by atoms with Crippen molar-refractivity contribution >= 4 is 16.9 Å². The van der Waals surface area contributed by atoms with Crippen LogP contribution in [0.5, 0.6) is 5.75 Å². The maximum Gasteiger partial charge on any atom is 0.354 e. The molecule has 0 spiro atoms. The number of hydrogen-bond acceptors (Lipinski definition) is 3. The second kappa shape index (κ2) is 6.35. The van der Waals surface area contributed by atoms with Crippen LogP contribution >= 0.6 is 0 Å². The molecule has 1 heterocycles. The van der Waals surface area contributed by atoms with Crippen LogP contribution < -0.4 is 4.74 Å². The summed E-state index contributed by atoms with van der Waals surface area (Å²) in [7, 11) is 0. The first-order valence-corrected chi connectivity index (χ1v) is 7.23. The minimum atomic E-state index is -0.342. The molecule has 0 radical (unpaired) electrons. The number of carbonyl (C=O) groups excluding carboxylic acids is 1. The Kier molecular flexibility index (Phi) is 4.10. The Labute approximate surface area is 128 Å². The molecule has 112 valence electrons. The number of ether oxygens (including phenoxy) is 2. The van der Waals surface area contributed by atoms with Crippen LogP contribution in [0.25, 0.3) is 10.9 Å². The number of H-pyrrole nitrogens is 1. The molecule has 0 aliphatic heterocycles. The number of carbonyl (C=O) groups is 1. The van der Waals surface area contributed by atoms with E-state index in [1.54, 1.807) is 13.0 Å². The number of nitrogens with one attached hydrogen (secondary N) is 1. The monoisotopic (exact) mass is 295 g/mol. The first kappa shape index (κ1) is 14.2. The van der Waals surface area contributed by atoms with Crippen molar-refractivity contribution in [2.75, 3.05) is 6.61 Å². The van der Waals surface area contributed by atoms with Gasteiger partial charge in [-0.2, -0.15) is 0 Å². The standard InChI is InChI=1S/C18H17NO3/c1-2-21-18(20)17-10-14-8-9-15(11-16(14)19-17)22-12-13-6-4-3-5-7-13/h3-11,19H,2,12H2,1H3. The Morgan fingerprint density at radius 1 is 1.09 bits per heavy atom. The molecule has 22 heavy (non-hydrogen) atoms. The molecule has 0 aliphatic carbocycles. The van der Waals surface area contributed by atoms with Gasteiger partial charge in [0.25, 0.3) is 0 Å². The third kappa shape index (κ3) is 3.11. The van der Waals surface area contributed by atoms with Crippen molar-refractivity contribution in [3.8, 4) is 5.75 Å². The van der Waals surface area contributed by atoms with E-state index in [2.05, 4.69) is 4.98 Å². The zero-order chi connectivity index (χ0) is 15.4. The van der Waals surface area contributed by atoms with Crippen molar-refractivity contribution in [2.24, 2.45) is 0 Å². The molecule has 1 aromatic heterocycles. The number of aromatic amines is 1. The summed E-state index contributed by atoms with van der Waals surface area (Å²) in [4.78, 5) is 14.8. The Morgan fingerprint density at radius 2 is 1.91 bits per heavy atom. The molecule has 3 aromatic rings. The summed E-state index contributed by atoms with van der Waals surface area (Å²) in [6, 6.07) is 17.5. The second-order valence-corrected chi connectivity index (χ2v) is 4.93. The smallest absolute Gasteiger partial charge is 0.354 e. The van der Waals surface area contributed by atoms with Crippen molar-refractivity contribution in [2.45, 2.75) is 13.5 Å². The molecule has 0 amide bonds. The lowest BCUT2D eigenvalue weighted by Crippen LogP contribution is -2.04. The van der Waals surface area contributed by atoms with Crippen LogP contribution in [-0.4, -0.2) is 17.6 Å². The normalized spacial score (nSPS) is 10.6. The second-order valence-electron chi connectivity index (χ2n) is 4.93. The van der Waals surface area contributed by atoms with Crippen LogP contribution in [0.1, 0.15) is 23.0 Å². The Bertz CT molecular complexity index is 777. The van der Waals surface area contributed by atoms with Gasteiger partial charge < -0.3 is 14.5 Å². The third-order valence-corrected chi connectivity index (χ3v) is 3.34. The number of hydrogen-bond donors (Lipinski definition) is 1. The molecule has 0 unspecified atom stereocenters. The van der Waals surface area contributed by atoms with E-state index < -0.39 is 0 Å². The predicted molar refractivity (Wildman–Crippen MR) is 85.0 cm³/mol. The van der Waals surface area contributed by atoms with Crippen molar-refractivity contribution in [1.29, 1.82) is 0 Å². The van der Waals surface area contributed by atoms with E-state index in [1.807, 2.05) is 48.5 Å². The van der Waals surface area contributed by atoms with Gasteiger partial charge in [0.05, 0.1) is 6.61 Å². The number of aromatic nitrogens is 1. The molecular formula is C18H17NO3. The van der Waals surface area contributed by atoms with Gasteiger partial charge in [-0.3, -0.25) is 0 Å². The summed E-state index contributed by atoms with van der Waals surface area (Å²) in [5, 5.41) is 0.954. The molecule has 0 saturated carbocycles. The van der Waals surface area contributed by atoms with E-state index in [-0.39, 0.29) is 5.97 Å². The highest BCUT2D eigenvalue weighted by Crippen LogP contribution is 2.22. The number of esters is 1. The Balaban J connectivity index is 1.76. The zero-order valence-corrected chi connectivity index (χ0v) is 12.3. The average Bonchev–Trinajstić information content (AvgIpc) is 2.97. The molecule has 2 aromatic carbocycles. The topological polar surface area (TPSA) is 51.3 Å². The van der Waals surface area contributed by atoms with Crippen LogP contribution in [0.4, 0.5) is 0 Å². The summed E-state index contributed by atoms with van der Waals surface area (Å²) in [6.45, 7) is 2.66. The maximum absolute atomic E-state index is 11.7. The lowest BCUT2D eigenvalue weighted by Gasteiger charge is -2.06. The molecule has 0 bridgehead atoms. The van der Waals surface area contributed by atoms with Crippen LogP contribution in [0.2, 0.25) is 0 Å². The summed E-state index contributed by atoms with van der Waals surface area (Å²) in [5.74, 6) is 0.416. The zero-order valence-electron chi connectivity index (χ0n) is 12.3. The predicted octanol–water partition coefficient (Wildman–Crippen LogP) is 3.92. The first-order chi connectivity index (χ1) is 10.8. The lowest BCUT2D eigenvalue weighted by molar-refractivity contribution is 0.0520. The largest absolute Gasteiger partial charge is 0.489 e. The first-order valence-electron chi connectivity index (χ1n) is 7.23. The van der Waals surface area contributed by atoms with Crippen molar-refractivity contribution in [3.63, 3.8) is 0 Å². The van der Waals surface area contributed by atoms with Crippen molar-refractivity contribution in [1.82, 2.24) is 4.98 Å². The molecule has 0 fully saturated rings.